The number of likely N-dealkylation sites (N-methyl/N-ethyl adjacent to an activating group) is 1. The van der Waals surface area contributed by atoms with Crippen LogP contribution in [-0.4, -0.2) is 49.6 Å². The fourth-order valence-corrected chi connectivity index (χ4v) is 1.91. The summed E-state index contributed by atoms with van der Waals surface area (Å²) in [6.07, 6.45) is 5.16. The highest BCUT2D eigenvalue weighted by molar-refractivity contribution is 7.98. The van der Waals surface area contributed by atoms with Crippen molar-refractivity contribution in [2.45, 2.75) is 32.2 Å². The van der Waals surface area contributed by atoms with Crippen LogP contribution in [0.5, 0.6) is 0 Å². The van der Waals surface area contributed by atoms with Gasteiger partial charge in [-0.2, -0.15) is 11.8 Å². The van der Waals surface area contributed by atoms with E-state index in [4.69, 9.17) is 4.74 Å². The number of hydrogen-bond donors (Lipinski definition) is 0. The molecule has 1 atom stereocenters. The molecule has 0 radical (unpaired) electrons. The second kappa shape index (κ2) is 9.04. The van der Waals surface area contributed by atoms with E-state index in [1.165, 1.54) is 7.11 Å². The van der Waals surface area contributed by atoms with E-state index in [0.717, 1.165) is 31.6 Å². The minimum absolute atomic E-state index is 0.0675. The second-order valence-electron chi connectivity index (χ2n) is 3.65. The van der Waals surface area contributed by atoms with Crippen LogP contribution in [0.15, 0.2) is 0 Å². The van der Waals surface area contributed by atoms with Crippen LogP contribution in [-0.2, 0) is 9.53 Å². The van der Waals surface area contributed by atoms with Gasteiger partial charge in [0.2, 0.25) is 0 Å². The van der Waals surface area contributed by atoms with E-state index >= 15 is 0 Å². The molecule has 0 saturated carbocycles. The Bertz CT molecular complexity index is 176. The van der Waals surface area contributed by atoms with E-state index in [9.17, 15) is 4.79 Å². The molecular formula is C11H23NO2S. The van der Waals surface area contributed by atoms with Crippen molar-refractivity contribution in [2.75, 3.05) is 32.7 Å². The topological polar surface area (TPSA) is 29.5 Å². The van der Waals surface area contributed by atoms with Crippen molar-refractivity contribution in [3.8, 4) is 0 Å². The Morgan fingerprint density at radius 3 is 2.67 bits per heavy atom. The number of methoxy groups -OCH3 is 1. The van der Waals surface area contributed by atoms with Crippen molar-refractivity contribution >= 4 is 17.7 Å². The molecule has 0 spiro atoms. The number of carbonyl (C=O) groups is 1. The summed E-state index contributed by atoms with van der Waals surface area (Å²) in [7, 11) is 3.46. The normalized spacial score (nSPS) is 12.9. The standard InChI is InChI=1S/C11H23NO2S/c1-5-6-7-10(11(13)14-3)12(2)8-9-15-4/h10H,5-9H2,1-4H3. The van der Waals surface area contributed by atoms with Gasteiger partial charge in [-0.05, 0) is 19.7 Å². The lowest BCUT2D eigenvalue weighted by Crippen LogP contribution is -2.40. The maximum Gasteiger partial charge on any atom is 0.323 e. The average Bonchev–Trinajstić information content (AvgIpc) is 2.26. The van der Waals surface area contributed by atoms with E-state index in [0.29, 0.717) is 0 Å². The molecule has 0 saturated heterocycles. The summed E-state index contributed by atoms with van der Waals surface area (Å²) in [4.78, 5) is 13.6. The highest BCUT2D eigenvalue weighted by Crippen LogP contribution is 2.09. The molecule has 1 unspecified atom stereocenters. The summed E-state index contributed by atoms with van der Waals surface area (Å²) in [5.74, 6) is 0.947. The number of unbranched alkanes of at least 4 members (excludes halogenated alkanes) is 1. The number of nitrogens with zero attached hydrogens (tertiary/aromatic N) is 1. The summed E-state index contributed by atoms with van der Waals surface area (Å²) >= 11 is 1.80. The zero-order valence-corrected chi connectivity index (χ0v) is 11.1. The zero-order chi connectivity index (χ0) is 11.7. The number of ether oxygens (including phenoxy) is 1. The van der Waals surface area contributed by atoms with Gasteiger partial charge in [0.1, 0.15) is 6.04 Å². The van der Waals surface area contributed by atoms with Crippen molar-refractivity contribution in [2.24, 2.45) is 0 Å². The molecule has 0 amide bonds. The molecule has 0 rings (SSSR count). The van der Waals surface area contributed by atoms with Crippen molar-refractivity contribution in [1.29, 1.82) is 0 Å². The molecule has 15 heavy (non-hydrogen) atoms. The van der Waals surface area contributed by atoms with Crippen LogP contribution in [0, 0.1) is 0 Å². The highest BCUT2D eigenvalue weighted by atomic mass is 32.2. The van der Waals surface area contributed by atoms with Crippen LogP contribution < -0.4 is 0 Å². The van der Waals surface area contributed by atoms with Crippen LogP contribution >= 0.6 is 11.8 Å². The second-order valence-corrected chi connectivity index (χ2v) is 4.64. The summed E-state index contributed by atoms with van der Waals surface area (Å²) in [5.41, 5.74) is 0. The molecule has 0 aliphatic rings. The Hall–Kier alpha value is -0.220. The number of rotatable bonds is 8. The Morgan fingerprint density at radius 2 is 2.20 bits per heavy atom. The van der Waals surface area contributed by atoms with E-state index in [1.807, 2.05) is 7.05 Å². The number of thioether (sulfide) groups is 1. The first-order valence-electron chi connectivity index (χ1n) is 5.44. The molecule has 4 heteroatoms. The predicted molar refractivity (Wildman–Crippen MR) is 66.3 cm³/mol. The van der Waals surface area contributed by atoms with Gasteiger partial charge in [0.05, 0.1) is 7.11 Å². The van der Waals surface area contributed by atoms with Crippen LogP contribution in [0.4, 0.5) is 0 Å². The summed E-state index contributed by atoms with van der Waals surface area (Å²) in [6.45, 7) is 3.07. The molecule has 0 bridgehead atoms. The van der Waals surface area contributed by atoms with Gasteiger partial charge in [0.25, 0.3) is 0 Å². The monoisotopic (exact) mass is 233 g/mol. The maximum atomic E-state index is 11.6. The quantitative estimate of drug-likeness (QED) is 0.600. The highest BCUT2D eigenvalue weighted by Gasteiger charge is 2.22. The maximum absolute atomic E-state index is 11.6. The Kier molecular flexibility index (Phi) is 8.91. The average molecular weight is 233 g/mol. The van der Waals surface area contributed by atoms with Gasteiger partial charge in [-0.3, -0.25) is 9.69 Å². The number of esters is 1. The van der Waals surface area contributed by atoms with Gasteiger partial charge in [-0.15, -0.1) is 0 Å². The Balaban J connectivity index is 4.13. The minimum atomic E-state index is -0.105. The van der Waals surface area contributed by atoms with Gasteiger partial charge < -0.3 is 4.74 Å². The fraction of sp³-hybridized carbons (Fsp3) is 0.909. The van der Waals surface area contributed by atoms with E-state index < -0.39 is 0 Å². The molecule has 0 aliphatic carbocycles. The first-order chi connectivity index (χ1) is 7.17. The summed E-state index contributed by atoms with van der Waals surface area (Å²) < 4.78 is 4.82. The number of carbonyl (C=O) groups excluding carboxylic acids is 1. The minimum Gasteiger partial charge on any atom is -0.468 e. The van der Waals surface area contributed by atoms with Gasteiger partial charge in [0, 0.05) is 12.3 Å². The SMILES string of the molecule is CCCCC(C(=O)OC)N(C)CCSC. The third-order valence-corrected chi connectivity index (χ3v) is 3.08. The van der Waals surface area contributed by atoms with Gasteiger partial charge in [-0.1, -0.05) is 19.8 Å². The first kappa shape index (κ1) is 14.8. The molecule has 0 fully saturated rings. The van der Waals surface area contributed by atoms with Crippen molar-refractivity contribution in [1.82, 2.24) is 4.90 Å². The van der Waals surface area contributed by atoms with Gasteiger partial charge >= 0.3 is 5.97 Å². The van der Waals surface area contributed by atoms with Crippen molar-refractivity contribution < 1.29 is 9.53 Å². The Morgan fingerprint density at radius 1 is 1.53 bits per heavy atom. The lowest BCUT2D eigenvalue weighted by atomic mass is 10.1. The van der Waals surface area contributed by atoms with Crippen molar-refractivity contribution in [3.05, 3.63) is 0 Å². The molecule has 0 aliphatic heterocycles. The molecule has 90 valence electrons. The summed E-state index contributed by atoms with van der Waals surface area (Å²) in [5, 5.41) is 0. The van der Waals surface area contributed by atoms with Crippen LogP contribution in [0.25, 0.3) is 0 Å². The van der Waals surface area contributed by atoms with E-state index in [-0.39, 0.29) is 12.0 Å². The van der Waals surface area contributed by atoms with Crippen LogP contribution in [0.1, 0.15) is 26.2 Å². The lowest BCUT2D eigenvalue weighted by Gasteiger charge is -2.25. The van der Waals surface area contributed by atoms with Crippen LogP contribution in [0.2, 0.25) is 0 Å². The largest absolute Gasteiger partial charge is 0.468 e. The van der Waals surface area contributed by atoms with E-state index in [2.05, 4.69) is 18.1 Å². The molecule has 0 aromatic heterocycles. The summed E-state index contributed by atoms with van der Waals surface area (Å²) in [6, 6.07) is -0.0675. The fourth-order valence-electron chi connectivity index (χ4n) is 1.44. The molecule has 0 aromatic rings. The zero-order valence-electron chi connectivity index (χ0n) is 10.3. The van der Waals surface area contributed by atoms with Gasteiger partial charge in [-0.25, -0.2) is 0 Å². The third-order valence-electron chi connectivity index (χ3n) is 2.48. The van der Waals surface area contributed by atoms with Crippen LogP contribution in [0.3, 0.4) is 0 Å². The van der Waals surface area contributed by atoms with Crippen molar-refractivity contribution in [3.63, 3.8) is 0 Å². The van der Waals surface area contributed by atoms with Gasteiger partial charge in [0.15, 0.2) is 0 Å². The van der Waals surface area contributed by atoms with E-state index in [1.54, 1.807) is 11.8 Å². The molecule has 0 aromatic carbocycles. The first-order valence-corrected chi connectivity index (χ1v) is 6.83. The predicted octanol–water partition coefficient (Wildman–Crippen LogP) is 2.01. The number of hydrogen-bond acceptors (Lipinski definition) is 4. The smallest absolute Gasteiger partial charge is 0.323 e. The molecule has 3 nitrogen and oxygen atoms in total. The molecule has 0 heterocycles. The lowest BCUT2D eigenvalue weighted by molar-refractivity contribution is -0.146. The molecule has 0 N–H and O–H groups in total. The molecular weight excluding hydrogens is 210 g/mol. The third kappa shape index (κ3) is 6.05. The Labute approximate surface area is 97.5 Å².